The second-order valence-electron chi connectivity index (χ2n) is 6.06. The van der Waals surface area contributed by atoms with Gasteiger partial charge in [-0.05, 0) is 18.3 Å². The van der Waals surface area contributed by atoms with Gasteiger partial charge in [0.1, 0.15) is 17.7 Å². The van der Waals surface area contributed by atoms with Crippen LogP contribution in [-0.4, -0.2) is 23.5 Å². The molecule has 4 nitrogen and oxygen atoms in total. The van der Waals surface area contributed by atoms with Crippen molar-refractivity contribution in [2.24, 2.45) is 22.4 Å². The minimum Gasteiger partial charge on any atom is -0.400 e. The van der Waals surface area contributed by atoms with Crippen LogP contribution >= 0.6 is 0 Å². The molecule has 1 atom stereocenters. The fourth-order valence-electron chi connectivity index (χ4n) is 1.95. The van der Waals surface area contributed by atoms with Gasteiger partial charge in [-0.15, -0.1) is 0 Å². The van der Waals surface area contributed by atoms with Crippen molar-refractivity contribution in [3.8, 4) is 0 Å². The quantitative estimate of drug-likeness (QED) is 0.468. The normalized spacial score (nSPS) is 20.9. The molecule has 19 heavy (non-hydrogen) atoms. The van der Waals surface area contributed by atoms with E-state index < -0.39 is 23.0 Å². The number of hydrazine groups is 1. The lowest BCUT2D eigenvalue weighted by Gasteiger charge is -2.33. The van der Waals surface area contributed by atoms with Gasteiger partial charge >= 0.3 is 6.18 Å². The van der Waals surface area contributed by atoms with Crippen LogP contribution in [0.1, 0.15) is 33.6 Å². The van der Waals surface area contributed by atoms with Crippen LogP contribution in [0.5, 0.6) is 0 Å². The van der Waals surface area contributed by atoms with Crippen LogP contribution in [0, 0.1) is 10.8 Å². The van der Waals surface area contributed by atoms with E-state index in [1.807, 2.05) is 0 Å². The average Bonchev–Trinajstić information content (AvgIpc) is 2.94. The van der Waals surface area contributed by atoms with Crippen molar-refractivity contribution >= 4 is 6.29 Å². The molecule has 110 valence electrons. The van der Waals surface area contributed by atoms with E-state index >= 15 is 0 Å². The molecule has 0 aromatic heterocycles. The summed E-state index contributed by atoms with van der Waals surface area (Å²) in [4.78, 5) is 11.0. The van der Waals surface area contributed by atoms with Gasteiger partial charge in [0.2, 0.25) is 0 Å². The highest BCUT2D eigenvalue weighted by Crippen LogP contribution is 2.60. The van der Waals surface area contributed by atoms with Crippen molar-refractivity contribution < 1.29 is 18.0 Å². The zero-order chi connectivity index (χ0) is 15.1. The number of nitrogens with two attached hydrogens (primary N) is 2. The molecule has 0 aliphatic heterocycles. The lowest BCUT2D eigenvalue weighted by atomic mass is 9.87. The standard InChI is InChI=1S/C12H20F3N3O/c1-10(2,3)9(7-19)18(17)6-8(16)11(4-5-11)12(13,14)15/h6-7,9H,4-5,16-17H2,1-3H3/b8-6-. The number of alkyl halides is 3. The minimum absolute atomic E-state index is 0.0338. The van der Waals surface area contributed by atoms with Crippen molar-refractivity contribution in [1.82, 2.24) is 5.01 Å². The van der Waals surface area contributed by atoms with Crippen molar-refractivity contribution in [3.05, 3.63) is 11.9 Å². The summed E-state index contributed by atoms with van der Waals surface area (Å²) in [5, 5.41) is 0.966. The lowest BCUT2D eigenvalue weighted by Crippen LogP contribution is -2.47. The molecule has 4 N–H and O–H groups in total. The Hall–Kier alpha value is -1.24. The molecule has 0 radical (unpaired) electrons. The first-order valence-electron chi connectivity index (χ1n) is 5.98. The van der Waals surface area contributed by atoms with E-state index in [0.717, 1.165) is 11.2 Å². The monoisotopic (exact) mass is 279 g/mol. The number of allylic oxidation sites excluding steroid dienone is 1. The maximum absolute atomic E-state index is 12.9. The molecular weight excluding hydrogens is 259 g/mol. The van der Waals surface area contributed by atoms with Gasteiger partial charge in [0.15, 0.2) is 0 Å². The molecule has 0 aromatic carbocycles. The molecule has 1 saturated carbocycles. The van der Waals surface area contributed by atoms with E-state index in [9.17, 15) is 18.0 Å². The molecule has 0 heterocycles. The van der Waals surface area contributed by atoms with Crippen molar-refractivity contribution in [2.45, 2.75) is 45.8 Å². The van der Waals surface area contributed by atoms with Gasteiger partial charge in [0, 0.05) is 11.9 Å². The first-order chi connectivity index (χ1) is 8.45. The van der Waals surface area contributed by atoms with Crippen LogP contribution in [0.3, 0.4) is 0 Å². The number of halogens is 3. The lowest BCUT2D eigenvalue weighted by molar-refractivity contribution is -0.175. The summed E-state index contributed by atoms with van der Waals surface area (Å²) < 4.78 is 38.6. The van der Waals surface area contributed by atoms with Gasteiger partial charge in [-0.1, -0.05) is 20.8 Å². The van der Waals surface area contributed by atoms with Gasteiger partial charge in [-0.2, -0.15) is 13.2 Å². The van der Waals surface area contributed by atoms with Crippen LogP contribution in [0.2, 0.25) is 0 Å². The molecule has 1 unspecified atom stereocenters. The fraction of sp³-hybridized carbons (Fsp3) is 0.750. The first kappa shape index (κ1) is 15.8. The summed E-state index contributed by atoms with van der Waals surface area (Å²) in [6.45, 7) is 5.31. The zero-order valence-electron chi connectivity index (χ0n) is 11.3. The van der Waals surface area contributed by atoms with E-state index in [4.69, 9.17) is 11.6 Å². The number of hydrogen-bond donors (Lipinski definition) is 2. The van der Waals surface area contributed by atoms with Crippen LogP contribution < -0.4 is 11.6 Å². The predicted octanol–water partition coefficient (Wildman–Crippen LogP) is 1.92. The third-order valence-electron chi connectivity index (χ3n) is 3.47. The summed E-state index contributed by atoms with van der Waals surface area (Å²) in [7, 11) is 0. The molecule has 1 rings (SSSR count). The number of hydrogen-bond acceptors (Lipinski definition) is 4. The summed E-state index contributed by atoms with van der Waals surface area (Å²) in [6.07, 6.45) is -2.81. The van der Waals surface area contributed by atoms with E-state index in [1.165, 1.54) is 0 Å². The highest BCUT2D eigenvalue weighted by atomic mass is 19.4. The Morgan fingerprint density at radius 2 is 1.79 bits per heavy atom. The third-order valence-corrected chi connectivity index (χ3v) is 3.47. The second-order valence-corrected chi connectivity index (χ2v) is 6.06. The molecule has 1 fully saturated rings. The summed E-state index contributed by atoms with van der Waals surface area (Å²) >= 11 is 0. The van der Waals surface area contributed by atoms with Crippen molar-refractivity contribution in [2.75, 3.05) is 0 Å². The Morgan fingerprint density at radius 1 is 1.32 bits per heavy atom. The van der Waals surface area contributed by atoms with E-state index in [1.54, 1.807) is 20.8 Å². The van der Waals surface area contributed by atoms with Gasteiger partial charge < -0.3 is 15.5 Å². The largest absolute Gasteiger partial charge is 0.400 e. The molecular formula is C12H20F3N3O. The van der Waals surface area contributed by atoms with Crippen LogP contribution in [0.25, 0.3) is 0 Å². The number of carbonyl (C=O) groups is 1. The molecule has 0 amide bonds. The predicted molar refractivity (Wildman–Crippen MR) is 65.3 cm³/mol. The molecule has 0 saturated heterocycles. The average molecular weight is 279 g/mol. The van der Waals surface area contributed by atoms with E-state index in [2.05, 4.69) is 0 Å². The van der Waals surface area contributed by atoms with Gasteiger partial charge in [0.25, 0.3) is 0 Å². The Balaban J connectivity index is 2.94. The zero-order valence-corrected chi connectivity index (χ0v) is 11.3. The Bertz CT molecular complexity index is 381. The number of aldehydes is 1. The molecule has 7 heteroatoms. The molecule has 1 aliphatic carbocycles. The highest BCUT2D eigenvalue weighted by Gasteiger charge is 2.65. The molecule has 0 spiro atoms. The Labute approximate surface area is 110 Å². The van der Waals surface area contributed by atoms with Gasteiger partial charge in [-0.3, -0.25) is 0 Å². The van der Waals surface area contributed by atoms with Crippen LogP contribution in [-0.2, 0) is 4.79 Å². The minimum atomic E-state index is -4.38. The number of rotatable bonds is 4. The topological polar surface area (TPSA) is 72.3 Å². The first-order valence-corrected chi connectivity index (χ1v) is 5.98. The molecule has 0 aromatic rings. The maximum atomic E-state index is 12.9. The van der Waals surface area contributed by atoms with Gasteiger partial charge in [0.05, 0.1) is 0 Å². The summed E-state index contributed by atoms with van der Waals surface area (Å²) in [6, 6.07) is -0.741. The van der Waals surface area contributed by atoms with Crippen molar-refractivity contribution in [1.29, 1.82) is 0 Å². The van der Waals surface area contributed by atoms with Crippen LogP contribution in [0.4, 0.5) is 13.2 Å². The Morgan fingerprint density at radius 3 is 2.05 bits per heavy atom. The summed E-state index contributed by atoms with van der Waals surface area (Å²) in [5.41, 5.74) is 2.75. The maximum Gasteiger partial charge on any atom is 0.399 e. The van der Waals surface area contributed by atoms with E-state index in [-0.39, 0.29) is 18.5 Å². The third kappa shape index (κ3) is 3.02. The van der Waals surface area contributed by atoms with Crippen LogP contribution in [0.15, 0.2) is 11.9 Å². The summed E-state index contributed by atoms with van der Waals surface area (Å²) in [5.74, 6) is 5.66. The van der Waals surface area contributed by atoms with Gasteiger partial charge in [-0.25, -0.2) is 5.84 Å². The number of nitrogens with zero attached hydrogens (tertiary/aromatic N) is 1. The molecule has 0 bridgehead atoms. The fourth-order valence-corrected chi connectivity index (χ4v) is 1.95. The second kappa shape index (κ2) is 4.70. The van der Waals surface area contributed by atoms with Crippen molar-refractivity contribution in [3.63, 3.8) is 0 Å². The SMILES string of the molecule is CC(C)(C)C(C=O)N(N)/C=C(\N)C1(C(F)(F)F)CC1. The molecule has 1 aliphatic rings. The number of carbonyl (C=O) groups excluding carboxylic acids is 1. The smallest absolute Gasteiger partial charge is 0.399 e. The highest BCUT2D eigenvalue weighted by molar-refractivity contribution is 5.59. The van der Waals surface area contributed by atoms with E-state index in [0.29, 0.717) is 6.29 Å². The Kier molecular flexibility index (Phi) is 3.91.